The van der Waals surface area contributed by atoms with Crippen molar-refractivity contribution in [2.75, 3.05) is 0 Å². The Hall–Kier alpha value is -13.3. The summed E-state index contributed by atoms with van der Waals surface area (Å²) < 4.78 is 9.83. The van der Waals surface area contributed by atoms with Crippen LogP contribution in [-0.4, -0.2) is 18.3 Å². The number of rotatable bonds is 9. The second kappa shape index (κ2) is 22.6. The number of aromatic nitrogens is 4. The SMILES string of the molecule is CC1(C)c2ccccc2-c2cc(-n3c4ccccc4c4cc(-c5ccc6c(c5)c5ccccc5n6-c5cccc(-c6cccc(-c7ccc8c(c7)C(C)(C)c7ccc(-n9c%10ccccc%10c%10cc(-c%11ccc%12c(c%11)c%11ccccc%11n%12-c%11ccccc%11-c%11ccccc%11)ccc%109)cc7-8)c6)c5)ccc43)ccc21. The van der Waals surface area contributed by atoms with E-state index < -0.39 is 0 Å². The van der Waals surface area contributed by atoms with Gasteiger partial charge in [-0.25, -0.2) is 0 Å². The summed E-state index contributed by atoms with van der Waals surface area (Å²) in [6.07, 6.45) is 0. The Morgan fingerprint density at radius 3 is 1.01 bits per heavy atom. The monoisotopic (exact) mass is 1350 g/mol. The van der Waals surface area contributed by atoms with Crippen molar-refractivity contribution in [2.24, 2.45) is 0 Å². The molecule has 106 heavy (non-hydrogen) atoms. The van der Waals surface area contributed by atoms with Gasteiger partial charge in [0.2, 0.25) is 0 Å². The molecule has 4 heteroatoms. The standard InChI is InChI=1S/C102H70N4/c1-101(2)88-34-14-8-29-76(88)82-61-73(45-48-89(82)101)104-94-37-17-11-31-79(94)85-57-68(42-51-98(85)104)67-41-50-97-84(56-67)78-30-10-16-36-93(78)103(97)72-27-21-26-66(55-72)64-24-20-25-65(54-64)71-40-47-77-83-62-74(46-49-90(83)102(3,4)91(77)60-71)105-95-38-18-12-32-80(95)86-58-69(43-52-99(86)105)70-44-53-100-87(59-70)81-33-13-19-39-96(81)106(100)92-35-15-9-28-75(92)63-22-6-5-7-23-63/h5-62H,1-4H3. The number of benzene rings is 16. The molecule has 0 spiro atoms. The molecule has 0 fully saturated rings. The Labute approximate surface area is 614 Å². The summed E-state index contributed by atoms with van der Waals surface area (Å²) in [5.74, 6) is 0. The molecule has 0 radical (unpaired) electrons. The second-order valence-corrected chi connectivity index (χ2v) is 30.4. The molecule has 2 aliphatic rings. The van der Waals surface area contributed by atoms with Gasteiger partial charge < -0.3 is 18.3 Å². The van der Waals surface area contributed by atoms with Gasteiger partial charge in [0.1, 0.15) is 0 Å². The second-order valence-electron chi connectivity index (χ2n) is 30.4. The normalized spacial score (nSPS) is 13.4. The van der Waals surface area contributed by atoms with Gasteiger partial charge in [-0.15, -0.1) is 0 Å². The van der Waals surface area contributed by atoms with E-state index in [-0.39, 0.29) is 10.8 Å². The third kappa shape index (κ3) is 8.82. The van der Waals surface area contributed by atoms with Crippen LogP contribution >= 0.6 is 0 Å². The molecule has 498 valence electrons. The first-order valence-electron chi connectivity index (χ1n) is 37.1. The molecule has 4 heterocycles. The molecule has 2 aliphatic carbocycles. The zero-order valence-electron chi connectivity index (χ0n) is 59.3. The molecule has 0 N–H and O–H groups in total. The van der Waals surface area contributed by atoms with E-state index in [1.807, 2.05) is 0 Å². The van der Waals surface area contributed by atoms with Crippen LogP contribution in [0.15, 0.2) is 352 Å². The molecule has 0 amide bonds. The Bertz CT molecular complexity index is 7140. The van der Waals surface area contributed by atoms with Crippen LogP contribution in [0.4, 0.5) is 0 Å². The van der Waals surface area contributed by atoms with E-state index in [1.54, 1.807) is 0 Å². The smallest absolute Gasteiger partial charge is 0.0541 e. The Morgan fingerprint density at radius 2 is 0.500 bits per heavy atom. The van der Waals surface area contributed by atoms with E-state index in [9.17, 15) is 0 Å². The van der Waals surface area contributed by atoms with Crippen molar-refractivity contribution in [2.45, 2.75) is 38.5 Å². The van der Waals surface area contributed by atoms with Crippen molar-refractivity contribution in [1.82, 2.24) is 18.3 Å². The van der Waals surface area contributed by atoms with Crippen LogP contribution in [0.1, 0.15) is 49.9 Å². The average Bonchev–Trinajstić information content (AvgIpc) is 1.57. The predicted octanol–water partition coefficient (Wildman–Crippen LogP) is 27.0. The first kappa shape index (κ1) is 60.3. The van der Waals surface area contributed by atoms with Crippen LogP contribution in [0.5, 0.6) is 0 Å². The van der Waals surface area contributed by atoms with Crippen molar-refractivity contribution in [3.05, 3.63) is 374 Å². The van der Waals surface area contributed by atoms with Gasteiger partial charge in [-0.1, -0.05) is 252 Å². The van der Waals surface area contributed by atoms with E-state index in [1.165, 1.54) is 199 Å². The van der Waals surface area contributed by atoms with Crippen LogP contribution in [0.25, 0.3) is 188 Å². The maximum Gasteiger partial charge on any atom is 0.0541 e. The molecule has 22 rings (SSSR count). The van der Waals surface area contributed by atoms with Crippen molar-refractivity contribution in [1.29, 1.82) is 0 Å². The highest BCUT2D eigenvalue weighted by molar-refractivity contribution is 6.15. The lowest BCUT2D eigenvalue weighted by Gasteiger charge is -2.22. The summed E-state index contributed by atoms with van der Waals surface area (Å²) in [6, 6.07) is 132. The average molecular weight is 1350 g/mol. The fraction of sp³-hybridized carbons (Fsp3) is 0.0588. The highest BCUT2D eigenvalue weighted by atomic mass is 15.0. The summed E-state index contributed by atoms with van der Waals surface area (Å²) in [5.41, 5.74) is 36.6. The fourth-order valence-electron chi connectivity index (χ4n) is 18.8. The minimum absolute atomic E-state index is 0.0455. The molecule has 0 saturated heterocycles. The maximum absolute atomic E-state index is 2.48. The highest BCUT2D eigenvalue weighted by Gasteiger charge is 2.38. The van der Waals surface area contributed by atoms with E-state index in [2.05, 4.69) is 398 Å². The van der Waals surface area contributed by atoms with E-state index in [0.29, 0.717) is 0 Å². The van der Waals surface area contributed by atoms with Crippen LogP contribution in [-0.2, 0) is 10.8 Å². The zero-order valence-corrected chi connectivity index (χ0v) is 59.3. The summed E-state index contributed by atoms with van der Waals surface area (Å²) in [4.78, 5) is 0. The fourth-order valence-corrected chi connectivity index (χ4v) is 18.8. The van der Waals surface area contributed by atoms with Gasteiger partial charge in [0.15, 0.2) is 0 Å². The lowest BCUT2D eigenvalue weighted by atomic mass is 9.81. The van der Waals surface area contributed by atoms with Crippen molar-refractivity contribution < 1.29 is 0 Å². The Morgan fingerprint density at radius 1 is 0.170 bits per heavy atom. The lowest BCUT2D eigenvalue weighted by Crippen LogP contribution is -2.15. The predicted molar refractivity (Wildman–Crippen MR) is 446 cm³/mol. The van der Waals surface area contributed by atoms with Crippen molar-refractivity contribution in [3.8, 4) is 101 Å². The molecule has 4 aromatic heterocycles. The summed E-state index contributed by atoms with van der Waals surface area (Å²) >= 11 is 0. The van der Waals surface area contributed by atoms with Gasteiger partial charge in [0.05, 0.1) is 49.8 Å². The highest BCUT2D eigenvalue weighted by Crippen LogP contribution is 2.53. The molecular formula is C102H70N4. The van der Waals surface area contributed by atoms with Gasteiger partial charge in [0.25, 0.3) is 0 Å². The molecule has 16 aromatic carbocycles. The van der Waals surface area contributed by atoms with Gasteiger partial charge in [-0.3, -0.25) is 0 Å². The van der Waals surface area contributed by atoms with Crippen molar-refractivity contribution in [3.63, 3.8) is 0 Å². The van der Waals surface area contributed by atoms with Gasteiger partial charge >= 0.3 is 0 Å². The first-order chi connectivity index (χ1) is 52.1. The van der Waals surface area contributed by atoms with Gasteiger partial charge in [-0.05, 0) is 222 Å². The number of fused-ring (bicyclic) bond motifs is 18. The van der Waals surface area contributed by atoms with E-state index >= 15 is 0 Å². The Kier molecular flexibility index (Phi) is 12.9. The number of hydrogen-bond donors (Lipinski definition) is 0. The third-order valence-electron chi connectivity index (χ3n) is 24.0. The van der Waals surface area contributed by atoms with E-state index in [0.717, 1.165) is 11.4 Å². The molecule has 20 aromatic rings. The summed E-state index contributed by atoms with van der Waals surface area (Å²) in [5, 5.41) is 9.93. The van der Waals surface area contributed by atoms with Crippen LogP contribution in [0.3, 0.4) is 0 Å². The molecule has 0 atom stereocenters. The van der Waals surface area contributed by atoms with Gasteiger partial charge in [0, 0.05) is 76.5 Å². The number of nitrogens with zero attached hydrogens (tertiary/aromatic N) is 4. The van der Waals surface area contributed by atoms with Crippen LogP contribution < -0.4 is 0 Å². The molecular weight excluding hydrogens is 1280 g/mol. The quantitative estimate of drug-likeness (QED) is 0.137. The van der Waals surface area contributed by atoms with Crippen LogP contribution in [0, 0.1) is 0 Å². The van der Waals surface area contributed by atoms with Crippen LogP contribution in [0.2, 0.25) is 0 Å². The Balaban J connectivity index is 0.572. The minimum atomic E-state index is -0.215. The summed E-state index contributed by atoms with van der Waals surface area (Å²) in [6.45, 7) is 9.50. The molecule has 4 nitrogen and oxygen atoms in total. The topological polar surface area (TPSA) is 19.7 Å². The van der Waals surface area contributed by atoms with Crippen molar-refractivity contribution >= 4 is 87.2 Å². The molecule has 0 bridgehead atoms. The lowest BCUT2D eigenvalue weighted by molar-refractivity contribution is 0.660. The molecule has 0 saturated carbocycles. The zero-order chi connectivity index (χ0) is 70.3. The molecule has 0 unspecified atom stereocenters. The third-order valence-corrected chi connectivity index (χ3v) is 24.0. The van der Waals surface area contributed by atoms with E-state index in [4.69, 9.17) is 0 Å². The maximum atomic E-state index is 2.48. The first-order valence-corrected chi connectivity index (χ1v) is 37.1. The number of hydrogen-bond acceptors (Lipinski definition) is 0. The van der Waals surface area contributed by atoms with Gasteiger partial charge in [-0.2, -0.15) is 0 Å². The minimum Gasteiger partial charge on any atom is -0.309 e. The molecule has 0 aliphatic heterocycles. The summed E-state index contributed by atoms with van der Waals surface area (Å²) in [7, 11) is 0. The number of para-hydroxylation sites is 5. The largest absolute Gasteiger partial charge is 0.309 e.